The second-order valence-corrected chi connectivity index (χ2v) is 6.51. The minimum atomic E-state index is -0.936. The van der Waals surface area contributed by atoms with E-state index < -0.39 is 30.1 Å². The first-order chi connectivity index (χ1) is 12.3. The summed E-state index contributed by atoms with van der Waals surface area (Å²) in [5.74, 6) is -3.03. The van der Waals surface area contributed by atoms with E-state index in [0.717, 1.165) is 11.1 Å². The fraction of sp³-hybridized carbons (Fsp3) is 0.222. The third-order valence-electron chi connectivity index (χ3n) is 3.35. The van der Waals surface area contributed by atoms with Crippen LogP contribution in [0.25, 0.3) is 0 Å². The first-order valence-electron chi connectivity index (χ1n) is 7.75. The largest absolute Gasteiger partial charge is 0.479 e. The van der Waals surface area contributed by atoms with E-state index in [1.807, 2.05) is 0 Å². The van der Waals surface area contributed by atoms with Crippen LogP contribution in [-0.4, -0.2) is 29.5 Å². The Kier molecular flexibility index (Phi) is 6.68. The number of hydrogen-bond acceptors (Lipinski definition) is 3. The fourth-order valence-corrected chi connectivity index (χ4v) is 2.64. The lowest BCUT2D eigenvalue weighted by molar-refractivity contribution is -0.137. The van der Waals surface area contributed by atoms with Crippen molar-refractivity contribution in [2.75, 3.05) is 6.61 Å². The van der Waals surface area contributed by atoms with Gasteiger partial charge < -0.3 is 4.74 Å². The van der Waals surface area contributed by atoms with Gasteiger partial charge in [-0.25, -0.2) is 13.8 Å². The van der Waals surface area contributed by atoms with Gasteiger partial charge in [-0.2, -0.15) is 0 Å². The average Bonchev–Trinajstić information content (AvgIpc) is 2.58. The Bertz CT molecular complexity index is 777. The molecule has 0 bridgehead atoms. The van der Waals surface area contributed by atoms with Gasteiger partial charge in [0.05, 0.1) is 4.47 Å². The summed E-state index contributed by atoms with van der Waals surface area (Å²) in [6.07, 6.45) is 0. The van der Waals surface area contributed by atoms with Crippen LogP contribution < -0.4 is 10.2 Å². The van der Waals surface area contributed by atoms with E-state index in [-0.39, 0.29) is 16.3 Å². The molecule has 0 heterocycles. The summed E-state index contributed by atoms with van der Waals surface area (Å²) in [5.41, 5.74) is 2.89. The number of nitrogens with one attached hydrogen (secondary N) is 1. The lowest BCUT2D eigenvalue weighted by Crippen LogP contribution is -2.51. The van der Waals surface area contributed by atoms with Crippen LogP contribution in [0.4, 0.5) is 8.78 Å². The van der Waals surface area contributed by atoms with E-state index in [9.17, 15) is 18.4 Å². The molecule has 0 aliphatic rings. The van der Waals surface area contributed by atoms with Crippen LogP contribution in [-0.2, 0) is 4.79 Å². The zero-order valence-electron chi connectivity index (χ0n) is 14.1. The molecular formula is C18H17BrF2N2O3. The molecule has 0 aromatic heterocycles. The van der Waals surface area contributed by atoms with E-state index in [0.29, 0.717) is 11.6 Å². The van der Waals surface area contributed by atoms with E-state index in [1.165, 1.54) is 0 Å². The molecule has 0 spiro atoms. The summed E-state index contributed by atoms with van der Waals surface area (Å²) in [4.78, 5) is 24.6. The molecule has 0 radical (unpaired) electrons. The highest BCUT2D eigenvalue weighted by Gasteiger charge is 2.22. The number of amides is 2. The van der Waals surface area contributed by atoms with Crippen LogP contribution in [0.3, 0.4) is 0 Å². The number of ether oxygens (including phenoxy) is 1. The Balaban J connectivity index is 2.06. The molecule has 2 aromatic rings. The molecule has 0 atom stereocenters. The standard InChI is InChI=1S/C18H17BrF2N2O3/c1-11(2)23(22-18(25)12-6-4-3-5-7-12)16(24)10-26-17-14(19)8-13(20)9-15(17)21/h3-9,11H,10H2,1-2H3,(H,22,25). The van der Waals surface area contributed by atoms with Gasteiger partial charge in [0.25, 0.3) is 11.8 Å². The Labute approximate surface area is 158 Å². The molecule has 138 valence electrons. The van der Waals surface area contributed by atoms with Crippen LogP contribution in [0.15, 0.2) is 46.9 Å². The highest BCUT2D eigenvalue weighted by Crippen LogP contribution is 2.29. The molecule has 8 heteroatoms. The van der Waals surface area contributed by atoms with Crippen LogP contribution in [0.1, 0.15) is 24.2 Å². The number of nitrogens with zero attached hydrogens (tertiary/aromatic N) is 1. The zero-order chi connectivity index (χ0) is 19.3. The zero-order valence-corrected chi connectivity index (χ0v) is 15.7. The lowest BCUT2D eigenvalue weighted by Gasteiger charge is -2.27. The van der Waals surface area contributed by atoms with Gasteiger partial charge in [-0.3, -0.25) is 15.0 Å². The van der Waals surface area contributed by atoms with Crippen LogP contribution >= 0.6 is 15.9 Å². The summed E-state index contributed by atoms with van der Waals surface area (Å²) in [7, 11) is 0. The summed E-state index contributed by atoms with van der Waals surface area (Å²) >= 11 is 2.99. The third-order valence-corrected chi connectivity index (χ3v) is 3.94. The van der Waals surface area contributed by atoms with E-state index in [4.69, 9.17) is 4.74 Å². The number of halogens is 3. The van der Waals surface area contributed by atoms with E-state index in [1.54, 1.807) is 44.2 Å². The van der Waals surface area contributed by atoms with Crippen molar-refractivity contribution in [3.63, 3.8) is 0 Å². The van der Waals surface area contributed by atoms with Crippen molar-refractivity contribution in [2.24, 2.45) is 0 Å². The van der Waals surface area contributed by atoms with Gasteiger partial charge in [0.1, 0.15) is 5.82 Å². The smallest absolute Gasteiger partial charge is 0.279 e. The summed E-state index contributed by atoms with van der Waals surface area (Å²) < 4.78 is 32.1. The number of hydrazine groups is 1. The molecule has 0 fully saturated rings. The molecule has 26 heavy (non-hydrogen) atoms. The molecule has 2 rings (SSSR count). The van der Waals surface area contributed by atoms with Gasteiger partial charge in [0.15, 0.2) is 18.2 Å². The molecule has 2 aromatic carbocycles. The Morgan fingerprint density at radius 3 is 2.42 bits per heavy atom. The van der Waals surface area contributed by atoms with Gasteiger partial charge in [-0.15, -0.1) is 0 Å². The number of rotatable bonds is 5. The van der Waals surface area contributed by atoms with Gasteiger partial charge >= 0.3 is 0 Å². The van der Waals surface area contributed by atoms with Gasteiger partial charge in [-0.1, -0.05) is 18.2 Å². The maximum atomic E-state index is 13.8. The van der Waals surface area contributed by atoms with Crippen molar-refractivity contribution in [1.29, 1.82) is 0 Å². The molecule has 0 saturated carbocycles. The predicted octanol–water partition coefficient (Wildman–Crippen LogP) is 3.69. The molecule has 0 unspecified atom stereocenters. The Morgan fingerprint density at radius 1 is 1.19 bits per heavy atom. The highest BCUT2D eigenvalue weighted by atomic mass is 79.9. The summed E-state index contributed by atoms with van der Waals surface area (Å²) in [6.45, 7) is 2.88. The molecule has 0 aliphatic carbocycles. The van der Waals surface area contributed by atoms with Crippen molar-refractivity contribution < 1.29 is 23.1 Å². The summed E-state index contributed by atoms with van der Waals surface area (Å²) in [6, 6.07) is 9.72. The number of benzene rings is 2. The predicted molar refractivity (Wildman–Crippen MR) is 95.4 cm³/mol. The van der Waals surface area contributed by atoms with E-state index in [2.05, 4.69) is 21.4 Å². The van der Waals surface area contributed by atoms with Gasteiger partial charge in [0.2, 0.25) is 0 Å². The van der Waals surface area contributed by atoms with Crippen molar-refractivity contribution in [1.82, 2.24) is 10.4 Å². The maximum absolute atomic E-state index is 13.8. The van der Waals surface area contributed by atoms with Crippen LogP contribution in [0, 0.1) is 11.6 Å². The first-order valence-corrected chi connectivity index (χ1v) is 8.54. The molecule has 1 N–H and O–H groups in total. The minimum Gasteiger partial charge on any atom is -0.479 e. The molecule has 5 nitrogen and oxygen atoms in total. The van der Waals surface area contributed by atoms with Gasteiger partial charge in [0, 0.05) is 17.7 Å². The Morgan fingerprint density at radius 2 is 1.85 bits per heavy atom. The maximum Gasteiger partial charge on any atom is 0.279 e. The molecule has 0 saturated heterocycles. The second-order valence-electron chi connectivity index (χ2n) is 5.65. The number of carbonyl (C=O) groups excluding carboxylic acids is 2. The van der Waals surface area contributed by atoms with Crippen molar-refractivity contribution >= 4 is 27.7 Å². The minimum absolute atomic E-state index is 0.0484. The summed E-state index contributed by atoms with van der Waals surface area (Å²) in [5, 5.41) is 1.10. The second kappa shape index (κ2) is 8.75. The van der Waals surface area contributed by atoms with Crippen LogP contribution in [0.5, 0.6) is 5.75 Å². The monoisotopic (exact) mass is 426 g/mol. The third kappa shape index (κ3) is 5.01. The van der Waals surface area contributed by atoms with Crippen molar-refractivity contribution in [3.8, 4) is 5.75 Å². The molecule has 0 aliphatic heterocycles. The Hall–Kier alpha value is -2.48. The molecular weight excluding hydrogens is 410 g/mol. The van der Waals surface area contributed by atoms with Gasteiger partial charge in [-0.05, 0) is 48.0 Å². The first kappa shape index (κ1) is 19.8. The normalized spacial score (nSPS) is 10.5. The van der Waals surface area contributed by atoms with Crippen LogP contribution in [0.2, 0.25) is 0 Å². The fourth-order valence-electron chi connectivity index (χ4n) is 2.11. The molecule has 2 amide bonds. The SMILES string of the molecule is CC(C)N(NC(=O)c1ccccc1)C(=O)COc1c(F)cc(F)cc1Br. The quantitative estimate of drug-likeness (QED) is 0.741. The van der Waals surface area contributed by atoms with Crippen molar-refractivity contribution in [2.45, 2.75) is 19.9 Å². The lowest BCUT2D eigenvalue weighted by atomic mass is 10.2. The number of hydrogen-bond donors (Lipinski definition) is 1. The number of carbonyl (C=O) groups is 2. The highest BCUT2D eigenvalue weighted by molar-refractivity contribution is 9.10. The van der Waals surface area contributed by atoms with E-state index >= 15 is 0 Å². The average molecular weight is 427 g/mol. The van der Waals surface area contributed by atoms with Crippen molar-refractivity contribution in [3.05, 3.63) is 64.1 Å². The topological polar surface area (TPSA) is 58.6 Å².